The predicted molar refractivity (Wildman–Crippen MR) is 176 cm³/mol. The molecule has 0 radical (unpaired) electrons. The Morgan fingerprint density at radius 1 is 0.979 bits per heavy atom. The topological polar surface area (TPSA) is 154 Å². The monoisotopic (exact) mass is 656 g/mol. The summed E-state index contributed by atoms with van der Waals surface area (Å²) in [6.45, 7) is 2.13. The first-order valence-electron chi connectivity index (χ1n) is 16.1. The molecule has 3 aromatic rings. The molecule has 1 fully saturated rings. The van der Waals surface area contributed by atoms with Crippen molar-refractivity contribution in [2.24, 2.45) is 7.05 Å². The molecule has 12 heteroatoms. The van der Waals surface area contributed by atoms with E-state index >= 15 is 0 Å². The average Bonchev–Trinajstić information content (AvgIpc) is 3.32. The summed E-state index contributed by atoms with van der Waals surface area (Å²) < 4.78 is 12.8. The third kappa shape index (κ3) is 7.07. The molecule has 12 nitrogen and oxygen atoms in total. The van der Waals surface area contributed by atoms with Crippen LogP contribution in [0.3, 0.4) is 0 Å². The zero-order valence-electron chi connectivity index (χ0n) is 27.7. The standard InChI is InChI=1S/C36H40N4O8/c1-21-34(44)39(2)20-27(38-21)23-17-30(47-3)25(31(18-23)48-4)11-8-13-32(43)37-16-6-5-9-22-10-7-12-26-33(22)36(46)40(35(26)45)28-15-14-24(41)19-29(28)42/h7,10,12,17-18,20,28H,5-6,8-9,11,13-16,19H2,1-4H3,(H,37,43). The molecule has 3 amide bonds. The van der Waals surface area contributed by atoms with Crippen molar-refractivity contribution in [2.45, 2.75) is 70.8 Å². The van der Waals surface area contributed by atoms with E-state index in [4.69, 9.17) is 9.47 Å². The van der Waals surface area contributed by atoms with Crippen LogP contribution in [-0.4, -0.2) is 70.5 Å². The van der Waals surface area contributed by atoms with Gasteiger partial charge in [0.25, 0.3) is 17.4 Å². The van der Waals surface area contributed by atoms with E-state index in [1.54, 1.807) is 46.5 Å². The number of fused-ring (bicyclic) bond motifs is 1. The third-order valence-corrected chi connectivity index (χ3v) is 8.95. The number of ketones is 2. The summed E-state index contributed by atoms with van der Waals surface area (Å²) >= 11 is 0. The zero-order chi connectivity index (χ0) is 34.5. The van der Waals surface area contributed by atoms with Gasteiger partial charge in [0, 0.05) is 43.8 Å². The quantitative estimate of drug-likeness (QED) is 0.165. The molecule has 1 unspecified atom stereocenters. The van der Waals surface area contributed by atoms with E-state index in [-0.39, 0.29) is 47.9 Å². The van der Waals surface area contributed by atoms with Crippen molar-refractivity contribution in [3.05, 3.63) is 74.8 Å². The van der Waals surface area contributed by atoms with Crippen LogP contribution in [0, 0.1) is 6.92 Å². The van der Waals surface area contributed by atoms with Gasteiger partial charge in [0.15, 0.2) is 5.78 Å². The fourth-order valence-corrected chi connectivity index (χ4v) is 6.45. The highest BCUT2D eigenvalue weighted by atomic mass is 16.5. The molecule has 1 aliphatic carbocycles. The average molecular weight is 657 g/mol. The van der Waals surface area contributed by atoms with Gasteiger partial charge in [0.1, 0.15) is 23.0 Å². The van der Waals surface area contributed by atoms with Crippen LogP contribution in [0.25, 0.3) is 11.3 Å². The van der Waals surface area contributed by atoms with E-state index < -0.39 is 17.9 Å². The summed E-state index contributed by atoms with van der Waals surface area (Å²) in [5, 5.41) is 2.95. The highest BCUT2D eigenvalue weighted by molar-refractivity contribution is 6.24. The highest BCUT2D eigenvalue weighted by Gasteiger charge is 2.45. The molecule has 1 saturated carbocycles. The number of nitrogens with zero attached hydrogens (tertiary/aromatic N) is 3. The largest absolute Gasteiger partial charge is 0.496 e. The number of hydrogen-bond donors (Lipinski definition) is 1. The van der Waals surface area contributed by atoms with Gasteiger partial charge in [0.2, 0.25) is 5.91 Å². The number of benzene rings is 2. The second kappa shape index (κ2) is 14.7. The Bertz CT molecular complexity index is 1790. The fourth-order valence-electron chi connectivity index (χ4n) is 6.45. The maximum absolute atomic E-state index is 13.3. The van der Waals surface area contributed by atoms with Crippen molar-refractivity contribution >= 4 is 29.3 Å². The van der Waals surface area contributed by atoms with Crippen LogP contribution in [0.1, 0.15) is 82.5 Å². The molecule has 2 aliphatic rings. The van der Waals surface area contributed by atoms with Gasteiger partial charge in [0.05, 0.1) is 43.5 Å². The molecule has 48 heavy (non-hydrogen) atoms. The Kier molecular flexibility index (Phi) is 10.5. The summed E-state index contributed by atoms with van der Waals surface area (Å²) in [6, 6.07) is 7.96. The van der Waals surface area contributed by atoms with Gasteiger partial charge in [-0.1, -0.05) is 12.1 Å². The van der Waals surface area contributed by atoms with Crippen LogP contribution in [0.5, 0.6) is 11.5 Å². The molecule has 2 aromatic carbocycles. The number of aryl methyl sites for hydroxylation is 3. The molecule has 2 heterocycles. The van der Waals surface area contributed by atoms with Crippen molar-refractivity contribution < 1.29 is 33.4 Å². The van der Waals surface area contributed by atoms with Crippen LogP contribution in [-0.2, 0) is 34.3 Å². The summed E-state index contributed by atoms with van der Waals surface area (Å²) in [7, 11) is 4.82. The molecule has 1 aromatic heterocycles. The lowest BCUT2D eigenvalue weighted by atomic mass is 9.92. The number of aromatic nitrogens is 2. The second-order valence-corrected chi connectivity index (χ2v) is 12.2. The third-order valence-electron chi connectivity index (χ3n) is 8.95. The molecule has 252 valence electrons. The Labute approximate surface area is 278 Å². The molecule has 5 rings (SSSR count). The lowest BCUT2D eigenvalue weighted by Crippen LogP contribution is -2.47. The predicted octanol–water partition coefficient (Wildman–Crippen LogP) is 3.52. The van der Waals surface area contributed by atoms with Crippen molar-refractivity contribution in [1.82, 2.24) is 19.8 Å². The number of methoxy groups -OCH3 is 2. The van der Waals surface area contributed by atoms with E-state index in [0.717, 1.165) is 21.6 Å². The second-order valence-electron chi connectivity index (χ2n) is 12.2. The number of carbonyl (C=O) groups excluding carboxylic acids is 5. The SMILES string of the molecule is COc1cc(-c2cn(C)c(=O)c(C)n2)cc(OC)c1CCCC(=O)NCCCCc1cccc2c1C(=O)N(C1CCC(=O)CC1=O)C2=O. The number of imide groups is 1. The van der Waals surface area contributed by atoms with Crippen molar-refractivity contribution in [2.75, 3.05) is 20.8 Å². The number of unbranched alkanes of at least 4 members (excludes halogenated alkanes) is 1. The summed E-state index contributed by atoms with van der Waals surface area (Å²) in [5.41, 5.74) is 3.77. The van der Waals surface area contributed by atoms with Gasteiger partial charge >= 0.3 is 0 Å². The number of ether oxygens (including phenoxy) is 2. The van der Waals surface area contributed by atoms with Crippen molar-refractivity contribution in [3.63, 3.8) is 0 Å². The van der Waals surface area contributed by atoms with E-state index in [1.807, 2.05) is 18.2 Å². The number of Topliss-reactive ketones (excluding diaryl/α,β-unsaturated/α-hetero) is 2. The number of nitrogens with one attached hydrogen (secondary N) is 1. The smallest absolute Gasteiger partial charge is 0.271 e. The Hall–Kier alpha value is -5.13. The Morgan fingerprint density at radius 3 is 2.38 bits per heavy atom. The van der Waals surface area contributed by atoms with E-state index in [2.05, 4.69) is 10.3 Å². The van der Waals surface area contributed by atoms with E-state index in [1.165, 1.54) is 4.57 Å². The van der Waals surface area contributed by atoms with Gasteiger partial charge in [-0.3, -0.25) is 33.7 Å². The van der Waals surface area contributed by atoms with Gasteiger partial charge in [-0.05, 0) is 69.2 Å². The first-order valence-corrected chi connectivity index (χ1v) is 16.1. The minimum absolute atomic E-state index is 0.0814. The minimum atomic E-state index is -0.895. The van der Waals surface area contributed by atoms with Crippen LogP contribution in [0.2, 0.25) is 0 Å². The molecule has 0 saturated heterocycles. The van der Waals surface area contributed by atoms with E-state index in [0.29, 0.717) is 73.5 Å². The van der Waals surface area contributed by atoms with Gasteiger partial charge in [-0.25, -0.2) is 4.98 Å². The maximum Gasteiger partial charge on any atom is 0.271 e. The van der Waals surface area contributed by atoms with Crippen molar-refractivity contribution in [1.29, 1.82) is 0 Å². The zero-order valence-corrected chi connectivity index (χ0v) is 27.7. The minimum Gasteiger partial charge on any atom is -0.496 e. The molecule has 1 aliphatic heterocycles. The molecule has 1 N–H and O–H groups in total. The Balaban J connectivity index is 1.11. The molecule has 0 bridgehead atoms. The van der Waals surface area contributed by atoms with Crippen LogP contribution in [0.4, 0.5) is 0 Å². The fraction of sp³-hybridized carbons (Fsp3) is 0.417. The number of rotatable bonds is 13. The summed E-state index contributed by atoms with van der Waals surface area (Å²) in [4.78, 5) is 80.7. The van der Waals surface area contributed by atoms with E-state index in [9.17, 15) is 28.8 Å². The van der Waals surface area contributed by atoms with Gasteiger partial charge < -0.3 is 19.4 Å². The highest BCUT2D eigenvalue weighted by Crippen LogP contribution is 2.36. The molecule has 0 spiro atoms. The van der Waals surface area contributed by atoms with Gasteiger partial charge in [-0.2, -0.15) is 0 Å². The number of amides is 3. The molecular weight excluding hydrogens is 616 g/mol. The lowest BCUT2D eigenvalue weighted by Gasteiger charge is -2.27. The first-order chi connectivity index (χ1) is 23.0. The molecule has 1 atom stereocenters. The lowest BCUT2D eigenvalue weighted by molar-refractivity contribution is -0.132. The summed E-state index contributed by atoms with van der Waals surface area (Å²) in [5.74, 6) is -0.391. The van der Waals surface area contributed by atoms with Gasteiger partial charge in [-0.15, -0.1) is 0 Å². The number of carbonyl (C=O) groups is 5. The van der Waals surface area contributed by atoms with Crippen LogP contribution < -0.4 is 20.3 Å². The van der Waals surface area contributed by atoms with Crippen LogP contribution >= 0.6 is 0 Å². The summed E-state index contributed by atoms with van der Waals surface area (Å²) in [6.07, 6.45) is 5.07. The normalized spacial score (nSPS) is 15.9. The van der Waals surface area contributed by atoms with Crippen molar-refractivity contribution in [3.8, 4) is 22.8 Å². The maximum atomic E-state index is 13.3. The molecular formula is C36H40N4O8. The number of hydrogen-bond acceptors (Lipinski definition) is 9. The first kappa shape index (κ1) is 34.2. The van der Waals surface area contributed by atoms with Crippen LogP contribution in [0.15, 0.2) is 41.3 Å². The Morgan fingerprint density at radius 2 is 1.71 bits per heavy atom.